The van der Waals surface area contributed by atoms with Gasteiger partial charge in [-0.25, -0.2) is 9.48 Å². The number of hydrogen-bond donors (Lipinski definition) is 1. The van der Waals surface area contributed by atoms with Crippen LogP contribution < -0.4 is 5.32 Å². The number of benzene rings is 1. The smallest absolute Gasteiger partial charge is 0.341 e. The Labute approximate surface area is 186 Å². The lowest BCUT2D eigenvalue weighted by atomic mass is 10.1. The van der Waals surface area contributed by atoms with Gasteiger partial charge >= 0.3 is 5.97 Å². The maximum Gasteiger partial charge on any atom is 0.341 e. The van der Waals surface area contributed by atoms with Gasteiger partial charge in [-0.15, -0.1) is 27.8 Å². The lowest BCUT2D eigenvalue weighted by molar-refractivity contribution is 0.0529. The first kappa shape index (κ1) is 20.9. The Bertz CT molecular complexity index is 1210. The number of aryl methyl sites for hydroxylation is 1. The summed E-state index contributed by atoms with van der Waals surface area (Å²) in [6, 6.07) is 10.9. The van der Waals surface area contributed by atoms with Crippen LogP contribution in [-0.4, -0.2) is 38.7 Å². The highest BCUT2D eigenvalue weighted by atomic mass is 32.1. The third-order valence-electron chi connectivity index (χ3n) is 4.50. The maximum atomic E-state index is 13.0. The van der Waals surface area contributed by atoms with E-state index in [1.807, 2.05) is 35.9 Å². The quantitative estimate of drug-likeness (QED) is 0.411. The molecule has 3 aromatic heterocycles. The highest BCUT2D eigenvalue weighted by Gasteiger charge is 2.24. The largest absolute Gasteiger partial charge is 0.462 e. The van der Waals surface area contributed by atoms with Crippen LogP contribution in [0.3, 0.4) is 0 Å². The number of anilines is 1. The molecule has 31 heavy (non-hydrogen) atoms. The third-order valence-corrected chi connectivity index (χ3v) is 6.30. The molecule has 8 nitrogen and oxygen atoms in total. The van der Waals surface area contributed by atoms with Crippen molar-refractivity contribution in [3.63, 3.8) is 0 Å². The van der Waals surface area contributed by atoms with Gasteiger partial charge in [-0.05, 0) is 47.9 Å². The first-order valence-corrected chi connectivity index (χ1v) is 11.4. The van der Waals surface area contributed by atoms with Crippen LogP contribution in [0.4, 0.5) is 5.00 Å². The molecule has 0 aliphatic heterocycles. The Morgan fingerprint density at radius 1 is 1.16 bits per heavy atom. The number of amides is 1. The van der Waals surface area contributed by atoms with Gasteiger partial charge in [-0.2, -0.15) is 0 Å². The summed E-state index contributed by atoms with van der Waals surface area (Å²) < 4.78 is 6.90. The molecular weight excluding hydrogens is 434 g/mol. The number of carbonyl (C=O) groups excluding carboxylic acids is 2. The third kappa shape index (κ3) is 4.25. The van der Waals surface area contributed by atoms with Gasteiger partial charge in [0.25, 0.3) is 5.91 Å². The van der Waals surface area contributed by atoms with Gasteiger partial charge in [0, 0.05) is 33.5 Å². The van der Waals surface area contributed by atoms with Gasteiger partial charge in [-0.3, -0.25) is 4.79 Å². The number of nitrogens with one attached hydrogen (secondary N) is 1. The lowest BCUT2D eigenvalue weighted by Crippen LogP contribution is -2.15. The van der Waals surface area contributed by atoms with E-state index in [1.165, 1.54) is 22.7 Å². The van der Waals surface area contributed by atoms with Crippen molar-refractivity contribution in [2.75, 3.05) is 11.9 Å². The van der Waals surface area contributed by atoms with E-state index in [0.717, 1.165) is 16.0 Å². The van der Waals surface area contributed by atoms with Crippen LogP contribution in [0.15, 0.2) is 47.2 Å². The van der Waals surface area contributed by atoms with Crippen LogP contribution >= 0.6 is 22.7 Å². The van der Waals surface area contributed by atoms with Gasteiger partial charge in [0.15, 0.2) is 5.82 Å². The topological polar surface area (TPSA) is 99.0 Å². The Morgan fingerprint density at radius 2 is 2.03 bits per heavy atom. The first-order chi connectivity index (χ1) is 15.1. The molecule has 0 aliphatic rings. The number of hydrogen-bond acceptors (Lipinski definition) is 8. The van der Waals surface area contributed by atoms with Crippen molar-refractivity contribution in [1.82, 2.24) is 20.2 Å². The highest BCUT2D eigenvalue weighted by molar-refractivity contribution is 7.17. The van der Waals surface area contributed by atoms with Crippen LogP contribution in [0, 0.1) is 0 Å². The van der Waals surface area contributed by atoms with Crippen molar-refractivity contribution < 1.29 is 14.3 Å². The molecule has 0 radical (unpaired) electrons. The Morgan fingerprint density at radius 3 is 2.77 bits per heavy atom. The van der Waals surface area contributed by atoms with Crippen molar-refractivity contribution in [3.8, 4) is 21.8 Å². The van der Waals surface area contributed by atoms with Gasteiger partial charge in [0.05, 0.1) is 6.61 Å². The van der Waals surface area contributed by atoms with E-state index in [-0.39, 0.29) is 12.5 Å². The highest BCUT2D eigenvalue weighted by Crippen LogP contribution is 2.38. The zero-order valence-corrected chi connectivity index (χ0v) is 18.5. The molecule has 0 spiro atoms. The van der Waals surface area contributed by atoms with Crippen LogP contribution in [-0.2, 0) is 11.3 Å². The molecule has 1 amide bonds. The summed E-state index contributed by atoms with van der Waals surface area (Å²) in [5.74, 6) is -0.207. The zero-order chi connectivity index (χ0) is 21.8. The Kier molecular flexibility index (Phi) is 6.19. The molecule has 4 aromatic rings. The minimum absolute atomic E-state index is 0.250. The fourth-order valence-electron chi connectivity index (χ4n) is 3.07. The summed E-state index contributed by atoms with van der Waals surface area (Å²) in [6.07, 6.45) is 0. The molecule has 0 unspecified atom stereocenters. The predicted molar refractivity (Wildman–Crippen MR) is 120 cm³/mol. The van der Waals surface area contributed by atoms with Gasteiger partial charge in [-0.1, -0.05) is 18.2 Å². The minimum atomic E-state index is -0.460. The molecule has 0 saturated heterocycles. The molecule has 0 saturated carbocycles. The van der Waals surface area contributed by atoms with E-state index in [0.29, 0.717) is 28.5 Å². The van der Waals surface area contributed by atoms with Crippen molar-refractivity contribution in [2.24, 2.45) is 0 Å². The van der Waals surface area contributed by atoms with Crippen LogP contribution in [0.1, 0.15) is 34.6 Å². The van der Waals surface area contributed by atoms with E-state index in [1.54, 1.807) is 29.8 Å². The monoisotopic (exact) mass is 453 g/mol. The van der Waals surface area contributed by atoms with Crippen molar-refractivity contribution in [2.45, 2.75) is 20.4 Å². The molecule has 1 aromatic carbocycles. The molecule has 10 heteroatoms. The van der Waals surface area contributed by atoms with Crippen molar-refractivity contribution >= 4 is 39.6 Å². The lowest BCUT2D eigenvalue weighted by Gasteiger charge is -2.09. The first-order valence-electron chi connectivity index (χ1n) is 9.62. The number of ether oxygens (including phenoxy) is 1. The normalized spacial score (nSPS) is 10.8. The van der Waals surface area contributed by atoms with Crippen LogP contribution in [0.2, 0.25) is 0 Å². The molecule has 0 bridgehead atoms. The molecule has 158 valence electrons. The molecule has 0 aliphatic carbocycles. The fraction of sp³-hybridized carbons (Fsp3) is 0.190. The maximum absolute atomic E-state index is 13.0. The van der Waals surface area contributed by atoms with E-state index in [4.69, 9.17) is 4.74 Å². The number of esters is 1. The number of aromatic nitrogens is 4. The molecule has 1 N–H and O–H groups in total. The van der Waals surface area contributed by atoms with E-state index in [9.17, 15) is 9.59 Å². The van der Waals surface area contributed by atoms with Gasteiger partial charge in [0.1, 0.15) is 10.6 Å². The number of tetrazole rings is 1. The summed E-state index contributed by atoms with van der Waals surface area (Å²) in [7, 11) is 0. The average Bonchev–Trinajstić information content (AvgIpc) is 3.53. The summed E-state index contributed by atoms with van der Waals surface area (Å²) in [6.45, 7) is 4.56. The zero-order valence-electron chi connectivity index (χ0n) is 16.9. The van der Waals surface area contributed by atoms with Crippen molar-refractivity contribution in [1.29, 1.82) is 0 Å². The molecule has 0 atom stereocenters. The number of carbonyl (C=O) groups is 2. The number of nitrogens with zero attached hydrogens (tertiary/aromatic N) is 4. The second kappa shape index (κ2) is 9.19. The molecule has 0 fully saturated rings. The van der Waals surface area contributed by atoms with Crippen LogP contribution in [0.5, 0.6) is 0 Å². The Balaban J connectivity index is 1.65. The van der Waals surface area contributed by atoms with E-state index < -0.39 is 5.97 Å². The second-order valence-electron chi connectivity index (χ2n) is 6.40. The fourth-order valence-corrected chi connectivity index (χ4v) is 4.83. The molecule has 4 rings (SSSR count). The average molecular weight is 454 g/mol. The predicted octanol–water partition coefficient (Wildman–Crippen LogP) is 4.58. The Hall–Kier alpha value is -3.37. The summed E-state index contributed by atoms with van der Waals surface area (Å²) in [5.41, 5.74) is 2.29. The van der Waals surface area contributed by atoms with Gasteiger partial charge < -0.3 is 10.1 Å². The number of thiophene rings is 2. The van der Waals surface area contributed by atoms with Crippen molar-refractivity contribution in [3.05, 3.63) is 58.3 Å². The van der Waals surface area contributed by atoms with E-state index in [2.05, 4.69) is 20.8 Å². The summed E-state index contributed by atoms with van der Waals surface area (Å²) in [4.78, 5) is 26.6. The minimum Gasteiger partial charge on any atom is -0.462 e. The summed E-state index contributed by atoms with van der Waals surface area (Å²) >= 11 is 2.82. The van der Waals surface area contributed by atoms with Crippen LogP contribution in [0.25, 0.3) is 21.8 Å². The molecule has 3 heterocycles. The van der Waals surface area contributed by atoms with Gasteiger partial charge in [0.2, 0.25) is 0 Å². The second-order valence-corrected chi connectivity index (χ2v) is 8.23. The number of rotatable bonds is 7. The summed E-state index contributed by atoms with van der Waals surface area (Å²) in [5, 5.41) is 18.8. The SMILES string of the molecule is CCOC(=O)c1c(-c2cccs2)csc1NC(=O)c1cccc(-c2nnnn2CC)c1. The molecular formula is C21H19N5O3S2. The van der Waals surface area contributed by atoms with E-state index >= 15 is 0 Å². The standard InChI is InChI=1S/C21H19N5O3S2/c1-3-26-18(23-24-25-26)13-7-5-8-14(11-13)19(27)22-20-17(21(28)29-4-2)15(12-31-20)16-9-6-10-30-16/h5-12H,3-4H2,1-2H3,(H,22,27).